The molecule has 1 atom stereocenters. The van der Waals surface area contributed by atoms with Crippen LogP contribution in [0.5, 0.6) is 0 Å². The van der Waals surface area contributed by atoms with E-state index in [1.54, 1.807) is 11.3 Å². The number of amides is 1. The Morgan fingerprint density at radius 1 is 1.53 bits per heavy atom. The number of carbonyl (C=O) groups is 1. The predicted molar refractivity (Wildman–Crippen MR) is 78.2 cm³/mol. The largest absolute Gasteiger partial charge is 0.345 e. The number of aryl methyl sites for hydroxylation is 1. The molecular weight excluding hydrogens is 258 g/mol. The fourth-order valence-electron chi connectivity index (χ4n) is 2.20. The van der Waals surface area contributed by atoms with Gasteiger partial charge in [-0.1, -0.05) is 13.8 Å². The van der Waals surface area contributed by atoms with E-state index < -0.39 is 0 Å². The van der Waals surface area contributed by atoms with Gasteiger partial charge < -0.3 is 5.32 Å². The van der Waals surface area contributed by atoms with Crippen molar-refractivity contribution in [2.24, 2.45) is 5.92 Å². The van der Waals surface area contributed by atoms with Crippen molar-refractivity contribution in [1.82, 2.24) is 15.2 Å². The second-order valence-electron chi connectivity index (χ2n) is 5.15. The Morgan fingerprint density at radius 2 is 2.21 bits per heavy atom. The maximum atomic E-state index is 12.1. The van der Waals surface area contributed by atoms with E-state index in [0.29, 0.717) is 12.5 Å². The molecule has 4 nitrogen and oxygen atoms in total. The van der Waals surface area contributed by atoms with Gasteiger partial charge in [-0.25, -0.2) is 4.98 Å². The molecule has 1 heterocycles. The summed E-state index contributed by atoms with van der Waals surface area (Å²) >= 11 is 1.70. The minimum Gasteiger partial charge on any atom is -0.345 e. The summed E-state index contributed by atoms with van der Waals surface area (Å²) in [6, 6.07) is 0.127. The standard InChI is InChI=1S/C14H23N3OS/c1-4-17(5-2)9-12(18)16-13(11-6-7-11)14-15-8-10(3)19-14/h8,11,13H,4-7,9H2,1-3H3,(H,16,18)/t13-/m1/s1. The lowest BCUT2D eigenvalue weighted by Crippen LogP contribution is -2.39. The average molecular weight is 281 g/mol. The van der Waals surface area contributed by atoms with E-state index in [9.17, 15) is 4.79 Å². The second-order valence-corrected chi connectivity index (χ2v) is 6.42. The van der Waals surface area contributed by atoms with Crippen LogP contribution in [0.2, 0.25) is 0 Å². The summed E-state index contributed by atoms with van der Waals surface area (Å²) in [4.78, 5) is 19.9. The first kappa shape index (κ1) is 14.5. The van der Waals surface area contributed by atoms with Gasteiger partial charge in [0.2, 0.25) is 5.91 Å². The fourth-order valence-corrected chi connectivity index (χ4v) is 3.12. The first-order chi connectivity index (χ1) is 9.13. The molecule has 1 amide bonds. The normalized spacial score (nSPS) is 16.6. The van der Waals surface area contributed by atoms with Crippen LogP contribution in [0.1, 0.15) is 42.6 Å². The van der Waals surface area contributed by atoms with Crippen LogP contribution in [0.4, 0.5) is 0 Å². The van der Waals surface area contributed by atoms with E-state index in [1.807, 2.05) is 6.20 Å². The summed E-state index contributed by atoms with van der Waals surface area (Å²) in [6.45, 7) is 8.53. The van der Waals surface area contributed by atoms with Gasteiger partial charge in [0.1, 0.15) is 5.01 Å². The van der Waals surface area contributed by atoms with Gasteiger partial charge in [0.25, 0.3) is 0 Å². The van der Waals surface area contributed by atoms with Crippen LogP contribution < -0.4 is 5.32 Å². The molecule has 0 saturated heterocycles. The number of nitrogens with zero attached hydrogens (tertiary/aromatic N) is 2. The molecule has 1 aromatic rings. The first-order valence-corrected chi connectivity index (χ1v) is 7.89. The molecule has 0 aliphatic heterocycles. The van der Waals surface area contributed by atoms with Gasteiger partial charge in [-0.2, -0.15) is 0 Å². The first-order valence-electron chi connectivity index (χ1n) is 7.08. The molecule has 1 aliphatic rings. The highest BCUT2D eigenvalue weighted by molar-refractivity contribution is 7.11. The number of thiazole rings is 1. The molecule has 19 heavy (non-hydrogen) atoms. The topological polar surface area (TPSA) is 45.2 Å². The molecule has 1 aliphatic carbocycles. The molecule has 0 spiro atoms. The molecule has 0 bridgehead atoms. The van der Waals surface area contributed by atoms with Crippen LogP contribution in [-0.2, 0) is 4.79 Å². The number of carbonyl (C=O) groups excluding carboxylic acids is 1. The summed E-state index contributed by atoms with van der Waals surface area (Å²) in [5, 5.41) is 4.24. The number of rotatable bonds is 7. The lowest BCUT2D eigenvalue weighted by molar-refractivity contribution is -0.123. The van der Waals surface area contributed by atoms with E-state index in [1.165, 1.54) is 17.7 Å². The van der Waals surface area contributed by atoms with Crippen LogP contribution in [0.3, 0.4) is 0 Å². The van der Waals surface area contributed by atoms with Crippen molar-refractivity contribution >= 4 is 17.2 Å². The molecule has 106 valence electrons. The minimum absolute atomic E-state index is 0.119. The van der Waals surface area contributed by atoms with Crippen molar-refractivity contribution in [2.45, 2.75) is 39.7 Å². The van der Waals surface area contributed by atoms with Gasteiger partial charge >= 0.3 is 0 Å². The van der Waals surface area contributed by atoms with Gasteiger partial charge in [0.15, 0.2) is 0 Å². The van der Waals surface area contributed by atoms with Gasteiger partial charge in [0.05, 0.1) is 12.6 Å². The highest BCUT2D eigenvalue weighted by atomic mass is 32.1. The van der Waals surface area contributed by atoms with E-state index >= 15 is 0 Å². The molecule has 1 aromatic heterocycles. The smallest absolute Gasteiger partial charge is 0.234 e. The van der Waals surface area contributed by atoms with Crippen LogP contribution >= 0.6 is 11.3 Å². The van der Waals surface area contributed by atoms with E-state index in [0.717, 1.165) is 18.1 Å². The molecular formula is C14H23N3OS. The quantitative estimate of drug-likeness (QED) is 0.834. The Balaban J connectivity index is 1.95. The van der Waals surface area contributed by atoms with Crippen molar-refractivity contribution in [2.75, 3.05) is 19.6 Å². The lowest BCUT2D eigenvalue weighted by atomic mass is 10.2. The Labute approximate surface area is 119 Å². The molecule has 0 unspecified atom stereocenters. The van der Waals surface area contributed by atoms with Crippen molar-refractivity contribution in [3.63, 3.8) is 0 Å². The summed E-state index contributed by atoms with van der Waals surface area (Å²) in [7, 11) is 0. The Bertz CT molecular complexity index is 424. The third kappa shape index (κ3) is 4.01. The second kappa shape index (κ2) is 6.48. The molecule has 5 heteroatoms. The summed E-state index contributed by atoms with van der Waals surface area (Å²) in [5.41, 5.74) is 0. The van der Waals surface area contributed by atoms with Gasteiger partial charge in [-0.05, 0) is 38.8 Å². The summed E-state index contributed by atoms with van der Waals surface area (Å²) < 4.78 is 0. The van der Waals surface area contributed by atoms with Crippen LogP contribution in [0, 0.1) is 12.8 Å². The third-order valence-corrected chi connectivity index (χ3v) is 4.57. The maximum Gasteiger partial charge on any atom is 0.234 e. The Morgan fingerprint density at radius 3 is 2.68 bits per heavy atom. The van der Waals surface area contributed by atoms with Gasteiger partial charge in [-0.3, -0.25) is 9.69 Å². The number of likely N-dealkylation sites (N-methyl/N-ethyl adjacent to an activating group) is 1. The van der Waals surface area contributed by atoms with Gasteiger partial charge in [-0.15, -0.1) is 11.3 Å². The van der Waals surface area contributed by atoms with Crippen molar-refractivity contribution in [3.05, 3.63) is 16.1 Å². The molecule has 1 saturated carbocycles. The number of nitrogens with one attached hydrogen (secondary N) is 1. The number of aromatic nitrogens is 1. The predicted octanol–water partition coefficient (Wildman–Crippen LogP) is 2.36. The molecule has 0 radical (unpaired) electrons. The lowest BCUT2D eigenvalue weighted by Gasteiger charge is -2.20. The SMILES string of the molecule is CCN(CC)CC(=O)N[C@@H](c1ncc(C)s1)C1CC1. The summed E-state index contributed by atoms with van der Waals surface area (Å²) in [5.74, 6) is 0.708. The van der Waals surface area contributed by atoms with Crippen LogP contribution in [0.15, 0.2) is 6.20 Å². The highest BCUT2D eigenvalue weighted by Gasteiger charge is 2.35. The monoisotopic (exact) mass is 281 g/mol. The average Bonchev–Trinajstić information content (AvgIpc) is 3.15. The third-order valence-electron chi connectivity index (χ3n) is 3.58. The highest BCUT2D eigenvalue weighted by Crippen LogP contribution is 2.41. The van der Waals surface area contributed by atoms with Gasteiger partial charge in [0, 0.05) is 11.1 Å². The number of hydrogen-bond donors (Lipinski definition) is 1. The Kier molecular flexibility index (Phi) is 4.93. The van der Waals surface area contributed by atoms with Crippen LogP contribution in [-0.4, -0.2) is 35.4 Å². The van der Waals surface area contributed by atoms with Crippen molar-refractivity contribution in [3.8, 4) is 0 Å². The molecule has 1 fully saturated rings. The summed E-state index contributed by atoms with van der Waals surface area (Å²) in [6.07, 6.45) is 4.30. The zero-order valence-electron chi connectivity index (χ0n) is 12.0. The fraction of sp³-hybridized carbons (Fsp3) is 0.714. The van der Waals surface area contributed by atoms with Crippen molar-refractivity contribution < 1.29 is 4.79 Å². The zero-order chi connectivity index (χ0) is 13.8. The minimum atomic E-state index is 0.119. The van der Waals surface area contributed by atoms with E-state index in [4.69, 9.17) is 0 Å². The zero-order valence-corrected chi connectivity index (χ0v) is 12.8. The molecule has 2 rings (SSSR count). The Hall–Kier alpha value is -0.940. The van der Waals surface area contributed by atoms with E-state index in [-0.39, 0.29) is 11.9 Å². The molecule has 1 N–H and O–H groups in total. The van der Waals surface area contributed by atoms with Crippen LogP contribution in [0.25, 0.3) is 0 Å². The maximum absolute atomic E-state index is 12.1. The molecule has 0 aromatic carbocycles. The van der Waals surface area contributed by atoms with Crippen molar-refractivity contribution in [1.29, 1.82) is 0 Å². The number of hydrogen-bond acceptors (Lipinski definition) is 4. The van der Waals surface area contributed by atoms with E-state index in [2.05, 4.69) is 36.0 Å².